The van der Waals surface area contributed by atoms with Crippen molar-refractivity contribution in [2.24, 2.45) is 0 Å². The van der Waals surface area contributed by atoms with Crippen molar-refractivity contribution in [2.45, 2.75) is 40.0 Å². The van der Waals surface area contributed by atoms with Crippen LogP contribution in [0.5, 0.6) is 5.75 Å². The van der Waals surface area contributed by atoms with Crippen LogP contribution in [-0.2, 0) is 0 Å². The van der Waals surface area contributed by atoms with Gasteiger partial charge >= 0.3 is 0 Å². The molecule has 1 aromatic heterocycles. The van der Waals surface area contributed by atoms with Crippen LogP contribution >= 0.6 is 23.7 Å². The number of carbonyl (C=O) groups excluding carboxylic acids is 1. The van der Waals surface area contributed by atoms with E-state index < -0.39 is 0 Å². The van der Waals surface area contributed by atoms with E-state index in [0.717, 1.165) is 49.3 Å². The molecule has 0 aliphatic carbocycles. The Morgan fingerprint density at radius 1 is 1.03 bits per heavy atom. The van der Waals surface area contributed by atoms with Crippen LogP contribution in [0.4, 0.5) is 9.52 Å². The van der Waals surface area contributed by atoms with Crippen molar-refractivity contribution in [1.82, 2.24) is 9.88 Å². The second-order valence-corrected chi connectivity index (χ2v) is 8.66. The summed E-state index contributed by atoms with van der Waals surface area (Å²) in [5.74, 6) is 0.245. The first-order valence-corrected chi connectivity index (χ1v) is 12.2. The van der Waals surface area contributed by atoms with Gasteiger partial charge in [0.2, 0.25) is 0 Å². The fourth-order valence-electron chi connectivity index (χ4n) is 3.48. The molecule has 1 amide bonds. The zero-order valence-corrected chi connectivity index (χ0v) is 21.2. The van der Waals surface area contributed by atoms with E-state index in [1.807, 2.05) is 18.2 Å². The van der Waals surface area contributed by atoms with Gasteiger partial charge in [-0.25, -0.2) is 9.37 Å². The van der Waals surface area contributed by atoms with E-state index in [1.54, 1.807) is 23.1 Å². The third kappa shape index (κ3) is 7.13. The number of nitrogens with zero attached hydrogens (tertiary/aromatic N) is 3. The highest BCUT2D eigenvalue weighted by Gasteiger charge is 2.22. The van der Waals surface area contributed by atoms with Crippen LogP contribution in [-0.4, -0.2) is 48.6 Å². The van der Waals surface area contributed by atoms with Crippen LogP contribution in [0.2, 0.25) is 0 Å². The molecule has 0 aliphatic heterocycles. The van der Waals surface area contributed by atoms with Crippen molar-refractivity contribution >= 4 is 45.0 Å². The Labute approximate surface area is 206 Å². The monoisotopic (exact) mass is 493 g/mol. The molecule has 0 N–H and O–H groups in total. The van der Waals surface area contributed by atoms with E-state index in [-0.39, 0.29) is 24.1 Å². The number of rotatable bonds is 12. The SMILES string of the molecule is CCCCCOc1ccc(C(=O)N(CCN(CC)CC)c2nc3c(F)cccc3s2)cc1.Cl. The summed E-state index contributed by atoms with van der Waals surface area (Å²) in [6, 6.07) is 12.1. The summed E-state index contributed by atoms with van der Waals surface area (Å²) < 4.78 is 20.7. The van der Waals surface area contributed by atoms with Gasteiger partial charge in [0.25, 0.3) is 5.91 Å². The molecule has 0 saturated carbocycles. The van der Waals surface area contributed by atoms with Gasteiger partial charge in [-0.3, -0.25) is 9.69 Å². The number of para-hydroxylation sites is 1. The summed E-state index contributed by atoms with van der Waals surface area (Å²) in [6.45, 7) is 10.0. The minimum absolute atomic E-state index is 0. The van der Waals surface area contributed by atoms with Crippen molar-refractivity contribution in [1.29, 1.82) is 0 Å². The second-order valence-electron chi connectivity index (χ2n) is 7.65. The molecule has 1 heterocycles. The van der Waals surface area contributed by atoms with E-state index in [9.17, 15) is 9.18 Å². The number of amides is 1. The van der Waals surface area contributed by atoms with Crippen LogP contribution in [0.15, 0.2) is 42.5 Å². The Balaban J connectivity index is 0.00000385. The van der Waals surface area contributed by atoms with E-state index in [0.29, 0.717) is 29.4 Å². The summed E-state index contributed by atoms with van der Waals surface area (Å²) in [4.78, 5) is 21.8. The summed E-state index contributed by atoms with van der Waals surface area (Å²) in [7, 11) is 0. The maximum atomic E-state index is 14.2. The lowest BCUT2D eigenvalue weighted by atomic mass is 10.2. The van der Waals surface area contributed by atoms with Gasteiger partial charge in [0.05, 0.1) is 11.3 Å². The summed E-state index contributed by atoms with van der Waals surface area (Å²) >= 11 is 1.34. The highest BCUT2D eigenvalue weighted by molar-refractivity contribution is 7.22. The molecular formula is C25H33ClFN3O2S. The minimum atomic E-state index is -0.370. The normalized spacial score (nSPS) is 10.9. The predicted molar refractivity (Wildman–Crippen MR) is 138 cm³/mol. The number of hydrogen-bond acceptors (Lipinski definition) is 5. The van der Waals surface area contributed by atoms with Crippen molar-refractivity contribution in [2.75, 3.05) is 37.7 Å². The largest absolute Gasteiger partial charge is 0.494 e. The molecule has 3 rings (SSSR count). The van der Waals surface area contributed by atoms with Crippen molar-refractivity contribution in [3.8, 4) is 5.75 Å². The molecule has 0 spiro atoms. The number of halogens is 2. The van der Waals surface area contributed by atoms with Crippen LogP contribution in [0.3, 0.4) is 0 Å². The highest BCUT2D eigenvalue weighted by atomic mass is 35.5. The molecule has 0 radical (unpaired) electrons. The van der Waals surface area contributed by atoms with Gasteiger partial charge < -0.3 is 9.64 Å². The molecule has 0 unspecified atom stereocenters. The summed E-state index contributed by atoms with van der Waals surface area (Å²) in [6.07, 6.45) is 3.31. The summed E-state index contributed by atoms with van der Waals surface area (Å²) in [5.41, 5.74) is 0.870. The molecule has 2 aromatic carbocycles. The number of aromatic nitrogens is 1. The Kier molecular flexibility index (Phi) is 11.0. The zero-order chi connectivity index (χ0) is 22.9. The number of fused-ring (bicyclic) bond motifs is 1. The molecule has 0 atom stereocenters. The first kappa shape index (κ1) is 27.0. The molecule has 33 heavy (non-hydrogen) atoms. The van der Waals surface area contributed by atoms with Crippen LogP contribution in [0.25, 0.3) is 10.2 Å². The Bertz CT molecular complexity index is 1010. The lowest BCUT2D eigenvalue weighted by Crippen LogP contribution is -2.38. The van der Waals surface area contributed by atoms with Gasteiger partial charge in [0.1, 0.15) is 17.1 Å². The van der Waals surface area contributed by atoms with Crippen molar-refractivity contribution in [3.05, 3.63) is 53.8 Å². The molecule has 0 saturated heterocycles. The topological polar surface area (TPSA) is 45.7 Å². The van der Waals surface area contributed by atoms with Crippen LogP contribution in [0, 0.1) is 5.82 Å². The van der Waals surface area contributed by atoms with Gasteiger partial charge in [-0.2, -0.15) is 0 Å². The third-order valence-electron chi connectivity index (χ3n) is 5.49. The number of hydrogen-bond donors (Lipinski definition) is 0. The Morgan fingerprint density at radius 3 is 2.39 bits per heavy atom. The number of benzene rings is 2. The quantitative estimate of drug-likeness (QED) is 0.273. The average Bonchev–Trinajstić information content (AvgIpc) is 3.25. The summed E-state index contributed by atoms with van der Waals surface area (Å²) in [5, 5.41) is 0.516. The lowest BCUT2D eigenvalue weighted by molar-refractivity contribution is 0.0983. The number of anilines is 1. The third-order valence-corrected chi connectivity index (χ3v) is 6.53. The predicted octanol–water partition coefficient (Wildman–Crippen LogP) is 6.41. The zero-order valence-electron chi connectivity index (χ0n) is 19.6. The van der Waals surface area contributed by atoms with Gasteiger partial charge in [-0.15, -0.1) is 12.4 Å². The average molecular weight is 494 g/mol. The molecule has 0 aliphatic rings. The first-order chi connectivity index (χ1) is 15.6. The van der Waals surface area contributed by atoms with Crippen molar-refractivity contribution < 1.29 is 13.9 Å². The number of ether oxygens (including phenoxy) is 1. The Morgan fingerprint density at radius 2 is 1.76 bits per heavy atom. The molecule has 180 valence electrons. The number of carbonyl (C=O) groups is 1. The first-order valence-electron chi connectivity index (χ1n) is 11.4. The standard InChI is InChI=1S/C25H32FN3O2S.ClH/c1-4-7-8-18-31-20-14-12-19(13-15-20)24(30)29(17-16-28(5-2)6-3)25-27-23-21(26)10-9-11-22(23)32-25;/h9-15H,4-8,16-18H2,1-3H3;1H. The fraction of sp³-hybridized carbons (Fsp3) is 0.440. The van der Waals surface area contributed by atoms with Gasteiger partial charge in [0, 0.05) is 18.7 Å². The van der Waals surface area contributed by atoms with Crippen LogP contribution in [0.1, 0.15) is 50.4 Å². The molecule has 3 aromatic rings. The maximum Gasteiger partial charge on any atom is 0.260 e. The minimum Gasteiger partial charge on any atom is -0.494 e. The van der Waals surface area contributed by atoms with Gasteiger partial charge in [-0.1, -0.05) is 51.0 Å². The molecular weight excluding hydrogens is 461 g/mol. The van der Waals surface area contributed by atoms with Crippen molar-refractivity contribution in [3.63, 3.8) is 0 Å². The number of likely N-dealkylation sites (N-methyl/N-ethyl adjacent to an activating group) is 1. The molecule has 0 bridgehead atoms. The van der Waals surface area contributed by atoms with Gasteiger partial charge in [0.15, 0.2) is 5.13 Å². The van der Waals surface area contributed by atoms with Crippen LogP contribution < -0.4 is 9.64 Å². The van der Waals surface area contributed by atoms with E-state index in [4.69, 9.17) is 4.74 Å². The van der Waals surface area contributed by atoms with E-state index in [1.165, 1.54) is 17.4 Å². The Hall–Kier alpha value is -2.22. The number of thiazole rings is 1. The smallest absolute Gasteiger partial charge is 0.260 e. The van der Waals surface area contributed by atoms with E-state index >= 15 is 0 Å². The fourth-order valence-corrected chi connectivity index (χ4v) is 4.48. The molecule has 0 fully saturated rings. The second kappa shape index (κ2) is 13.5. The van der Waals surface area contributed by atoms with Gasteiger partial charge in [-0.05, 0) is 55.9 Å². The molecule has 5 nitrogen and oxygen atoms in total. The van der Waals surface area contributed by atoms with E-state index in [2.05, 4.69) is 30.7 Å². The maximum absolute atomic E-state index is 14.2. The lowest BCUT2D eigenvalue weighted by Gasteiger charge is -2.24. The molecule has 8 heteroatoms. The number of unbranched alkanes of at least 4 members (excludes halogenated alkanes) is 2. The highest BCUT2D eigenvalue weighted by Crippen LogP contribution is 2.31.